The smallest absolute Gasteiger partial charge is 0.263 e. The van der Waals surface area contributed by atoms with E-state index in [2.05, 4.69) is 13.0 Å². The lowest BCUT2D eigenvalue weighted by Gasteiger charge is -2.37. The van der Waals surface area contributed by atoms with Crippen LogP contribution in [0.4, 0.5) is 0 Å². The van der Waals surface area contributed by atoms with Crippen molar-refractivity contribution in [3.05, 3.63) is 21.4 Å². The van der Waals surface area contributed by atoms with Gasteiger partial charge in [0, 0.05) is 30.8 Å². The summed E-state index contributed by atoms with van der Waals surface area (Å²) in [6.07, 6.45) is 6.41. The standard InChI is InChI=1S/C18H25NO3S/c1-2-13-3-4-15-14(11-13)12-16(23-15)17(20)19-7-5-18(6-8-19)21-9-10-22-18/h12-13H,2-11H2,1H3. The van der Waals surface area contributed by atoms with E-state index < -0.39 is 5.79 Å². The average Bonchev–Trinajstić information content (AvgIpc) is 3.21. The highest BCUT2D eigenvalue weighted by atomic mass is 32.1. The number of ether oxygens (including phenoxy) is 2. The molecule has 0 N–H and O–H groups in total. The van der Waals surface area contributed by atoms with E-state index in [0.717, 1.165) is 49.6 Å². The van der Waals surface area contributed by atoms with Gasteiger partial charge in [0.15, 0.2) is 5.79 Å². The molecule has 1 aliphatic carbocycles. The number of carbonyl (C=O) groups is 1. The van der Waals surface area contributed by atoms with Crippen molar-refractivity contribution in [2.75, 3.05) is 26.3 Å². The summed E-state index contributed by atoms with van der Waals surface area (Å²) in [5.41, 5.74) is 1.42. The Morgan fingerprint density at radius 3 is 2.78 bits per heavy atom. The molecular formula is C18H25NO3S. The van der Waals surface area contributed by atoms with Crippen LogP contribution in [-0.2, 0) is 22.3 Å². The van der Waals surface area contributed by atoms with Crippen molar-refractivity contribution in [1.29, 1.82) is 0 Å². The molecule has 2 saturated heterocycles. The molecule has 1 spiro atoms. The van der Waals surface area contributed by atoms with Crippen molar-refractivity contribution < 1.29 is 14.3 Å². The number of piperidine rings is 1. The van der Waals surface area contributed by atoms with Gasteiger partial charge in [0.2, 0.25) is 0 Å². The molecule has 4 rings (SSSR count). The van der Waals surface area contributed by atoms with Crippen LogP contribution in [0.1, 0.15) is 52.7 Å². The summed E-state index contributed by atoms with van der Waals surface area (Å²) in [6, 6.07) is 2.16. The van der Waals surface area contributed by atoms with Gasteiger partial charge in [-0.05, 0) is 36.8 Å². The predicted molar refractivity (Wildman–Crippen MR) is 89.9 cm³/mol. The Kier molecular flexibility index (Phi) is 4.20. The molecule has 4 nitrogen and oxygen atoms in total. The van der Waals surface area contributed by atoms with Crippen molar-refractivity contribution in [3.8, 4) is 0 Å². The van der Waals surface area contributed by atoms with Gasteiger partial charge in [-0.15, -0.1) is 11.3 Å². The summed E-state index contributed by atoms with van der Waals surface area (Å²) in [4.78, 5) is 17.2. The highest BCUT2D eigenvalue weighted by molar-refractivity contribution is 7.14. The predicted octanol–water partition coefficient (Wildman–Crippen LogP) is 3.24. The summed E-state index contributed by atoms with van der Waals surface area (Å²) >= 11 is 1.72. The van der Waals surface area contributed by atoms with Gasteiger partial charge in [0.05, 0.1) is 18.1 Å². The Morgan fingerprint density at radius 2 is 2.09 bits per heavy atom. The molecule has 0 aromatic carbocycles. The van der Waals surface area contributed by atoms with Gasteiger partial charge < -0.3 is 14.4 Å². The van der Waals surface area contributed by atoms with Crippen LogP contribution in [0.25, 0.3) is 0 Å². The lowest BCUT2D eigenvalue weighted by atomic mass is 9.87. The molecule has 1 amide bonds. The number of hydrogen-bond acceptors (Lipinski definition) is 4. The number of carbonyl (C=O) groups excluding carboxylic acids is 1. The van der Waals surface area contributed by atoms with E-state index in [4.69, 9.17) is 9.47 Å². The van der Waals surface area contributed by atoms with Gasteiger partial charge in [-0.1, -0.05) is 13.3 Å². The first-order valence-corrected chi connectivity index (χ1v) is 9.69. The van der Waals surface area contributed by atoms with E-state index >= 15 is 0 Å². The minimum absolute atomic E-state index is 0.199. The molecule has 0 radical (unpaired) electrons. The first-order valence-electron chi connectivity index (χ1n) is 8.88. The Morgan fingerprint density at radius 1 is 1.35 bits per heavy atom. The van der Waals surface area contributed by atoms with Crippen molar-refractivity contribution in [2.45, 2.75) is 51.2 Å². The maximum atomic E-state index is 12.8. The zero-order chi connectivity index (χ0) is 15.9. The maximum absolute atomic E-state index is 12.8. The topological polar surface area (TPSA) is 38.8 Å². The van der Waals surface area contributed by atoms with Crippen LogP contribution in [0, 0.1) is 5.92 Å². The molecule has 1 aromatic rings. The fourth-order valence-electron chi connectivity index (χ4n) is 4.04. The molecule has 0 bridgehead atoms. The van der Waals surface area contributed by atoms with Gasteiger partial charge in [0.25, 0.3) is 5.91 Å². The van der Waals surface area contributed by atoms with Crippen LogP contribution >= 0.6 is 11.3 Å². The SMILES string of the molecule is CCC1CCc2sc(C(=O)N3CCC4(CC3)OCCO4)cc2C1. The van der Waals surface area contributed by atoms with Crippen LogP contribution in [-0.4, -0.2) is 42.9 Å². The van der Waals surface area contributed by atoms with Crippen LogP contribution in [0.15, 0.2) is 6.07 Å². The van der Waals surface area contributed by atoms with Gasteiger partial charge in [-0.3, -0.25) is 4.79 Å². The summed E-state index contributed by atoms with van der Waals surface area (Å²) in [5, 5.41) is 0. The number of fused-ring (bicyclic) bond motifs is 1. The van der Waals surface area contributed by atoms with E-state index in [9.17, 15) is 4.79 Å². The summed E-state index contributed by atoms with van der Waals surface area (Å²) in [7, 11) is 0. The normalized spacial score (nSPS) is 26.5. The molecule has 23 heavy (non-hydrogen) atoms. The van der Waals surface area contributed by atoms with Gasteiger partial charge >= 0.3 is 0 Å². The molecule has 5 heteroatoms. The molecular weight excluding hydrogens is 310 g/mol. The minimum Gasteiger partial charge on any atom is -0.347 e. The molecule has 3 aliphatic rings. The molecule has 3 heterocycles. The minimum atomic E-state index is -0.403. The molecule has 126 valence electrons. The van der Waals surface area contributed by atoms with Gasteiger partial charge in [0.1, 0.15) is 0 Å². The average molecular weight is 335 g/mol. The summed E-state index contributed by atoms with van der Waals surface area (Å²) in [5.74, 6) is 0.594. The Hall–Kier alpha value is -0.910. The molecule has 2 aliphatic heterocycles. The van der Waals surface area contributed by atoms with Crippen molar-refractivity contribution >= 4 is 17.2 Å². The third-order valence-electron chi connectivity index (χ3n) is 5.60. The number of aryl methyl sites for hydroxylation is 1. The van der Waals surface area contributed by atoms with Crippen molar-refractivity contribution in [2.24, 2.45) is 5.92 Å². The number of likely N-dealkylation sites (tertiary alicyclic amines) is 1. The highest BCUT2D eigenvalue weighted by Crippen LogP contribution is 2.36. The Bertz CT molecular complexity index is 581. The van der Waals surface area contributed by atoms with Crippen molar-refractivity contribution in [3.63, 3.8) is 0 Å². The van der Waals surface area contributed by atoms with E-state index in [1.54, 1.807) is 11.3 Å². The zero-order valence-electron chi connectivity index (χ0n) is 13.8. The van der Waals surface area contributed by atoms with Crippen LogP contribution in [0.2, 0.25) is 0 Å². The second-order valence-electron chi connectivity index (χ2n) is 6.98. The first-order chi connectivity index (χ1) is 11.2. The second-order valence-corrected chi connectivity index (χ2v) is 8.11. The Balaban J connectivity index is 1.43. The number of hydrogen-bond donors (Lipinski definition) is 0. The van der Waals surface area contributed by atoms with E-state index in [-0.39, 0.29) is 5.91 Å². The highest BCUT2D eigenvalue weighted by Gasteiger charge is 2.41. The van der Waals surface area contributed by atoms with E-state index in [1.807, 2.05) is 4.90 Å². The number of amides is 1. The third-order valence-corrected chi connectivity index (χ3v) is 6.82. The number of thiophene rings is 1. The second kappa shape index (κ2) is 6.19. The fraction of sp³-hybridized carbons (Fsp3) is 0.722. The molecule has 0 saturated carbocycles. The lowest BCUT2D eigenvalue weighted by molar-refractivity contribution is -0.181. The summed E-state index contributed by atoms with van der Waals surface area (Å²) < 4.78 is 11.5. The number of nitrogens with zero attached hydrogens (tertiary/aromatic N) is 1. The van der Waals surface area contributed by atoms with Crippen molar-refractivity contribution in [1.82, 2.24) is 4.90 Å². The van der Waals surface area contributed by atoms with Gasteiger partial charge in [-0.25, -0.2) is 0 Å². The monoisotopic (exact) mass is 335 g/mol. The fourth-order valence-corrected chi connectivity index (χ4v) is 5.22. The quantitative estimate of drug-likeness (QED) is 0.833. The largest absolute Gasteiger partial charge is 0.347 e. The summed E-state index contributed by atoms with van der Waals surface area (Å²) in [6.45, 7) is 5.11. The molecule has 1 aromatic heterocycles. The number of rotatable bonds is 2. The third kappa shape index (κ3) is 2.94. The van der Waals surface area contributed by atoms with Crippen LogP contribution < -0.4 is 0 Å². The lowest BCUT2D eigenvalue weighted by Crippen LogP contribution is -2.47. The first kappa shape index (κ1) is 15.6. The Labute approximate surface area is 141 Å². The molecule has 2 fully saturated rings. The van der Waals surface area contributed by atoms with Gasteiger partial charge in [-0.2, -0.15) is 0 Å². The molecule has 1 atom stereocenters. The zero-order valence-corrected chi connectivity index (χ0v) is 14.6. The van der Waals surface area contributed by atoms with Crippen LogP contribution in [0.5, 0.6) is 0 Å². The van der Waals surface area contributed by atoms with E-state index in [1.165, 1.54) is 23.3 Å². The maximum Gasteiger partial charge on any atom is 0.263 e. The van der Waals surface area contributed by atoms with Crippen LogP contribution in [0.3, 0.4) is 0 Å². The van der Waals surface area contributed by atoms with E-state index in [0.29, 0.717) is 13.2 Å². The molecule has 1 unspecified atom stereocenters.